The standard InChI is InChI=1S/C57H40N2/c1-3-21-41(22-4-1)58(55-31-15-19-39-17-7-9-25-45(39)55)43-33-35-49-50-36-34-44(59(42-23-5-2-6-24-42)56-32-16-20-40-18-8-10-26-46(40)56)38-54(50)57(53(49)37-43)51-29-13-11-27-47(51)48-28-12-14-30-52(48)57/h1-9,11-25,27-38H,10,26H2. The number of fused-ring (bicyclic) bond motifs is 12. The van der Waals surface area contributed by atoms with E-state index in [0.29, 0.717) is 0 Å². The van der Waals surface area contributed by atoms with Crippen LogP contribution in [0.15, 0.2) is 212 Å². The van der Waals surface area contributed by atoms with E-state index in [9.17, 15) is 0 Å². The summed E-state index contributed by atoms with van der Waals surface area (Å²) >= 11 is 0. The molecule has 0 saturated carbocycles. The average molecular weight is 753 g/mol. The Hall–Kier alpha value is -7.42. The monoisotopic (exact) mass is 752 g/mol. The molecule has 1 spiro atoms. The SMILES string of the molecule is C1=Cc2cccc(N(c3ccccc3)c3ccc4c(c3)C3(c5ccccc5-c5ccccc53)c3cc(N(c5ccccc5)c5cccc6ccccc56)ccc3-4)c2CC1. The van der Waals surface area contributed by atoms with Crippen LogP contribution in [-0.2, 0) is 11.8 Å². The summed E-state index contributed by atoms with van der Waals surface area (Å²) in [5, 5.41) is 2.44. The maximum Gasteiger partial charge on any atom is 0.0727 e. The van der Waals surface area contributed by atoms with E-state index in [2.05, 4.69) is 228 Å². The Kier molecular flexibility index (Phi) is 7.61. The fourth-order valence-electron chi connectivity index (χ4n) is 10.5. The topological polar surface area (TPSA) is 6.48 Å². The van der Waals surface area contributed by atoms with Crippen molar-refractivity contribution in [1.82, 2.24) is 0 Å². The Morgan fingerprint density at radius 1 is 0.373 bits per heavy atom. The van der Waals surface area contributed by atoms with Crippen molar-refractivity contribution in [2.45, 2.75) is 18.3 Å². The van der Waals surface area contributed by atoms with Crippen LogP contribution in [0.5, 0.6) is 0 Å². The van der Waals surface area contributed by atoms with Gasteiger partial charge >= 0.3 is 0 Å². The minimum Gasteiger partial charge on any atom is -0.310 e. The van der Waals surface area contributed by atoms with E-state index in [1.165, 1.54) is 72.1 Å². The second-order valence-corrected chi connectivity index (χ2v) is 15.9. The highest BCUT2D eigenvalue weighted by atomic mass is 15.2. The molecule has 12 rings (SSSR count). The van der Waals surface area contributed by atoms with Gasteiger partial charge in [0.05, 0.1) is 11.1 Å². The van der Waals surface area contributed by atoms with Gasteiger partial charge in [0.2, 0.25) is 0 Å². The molecule has 0 atom stereocenters. The van der Waals surface area contributed by atoms with Gasteiger partial charge in [-0.1, -0.05) is 158 Å². The molecule has 3 aliphatic rings. The van der Waals surface area contributed by atoms with Gasteiger partial charge in [0.25, 0.3) is 0 Å². The first-order chi connectivity index (χ1) is 29.3. The fourth-order valence-corrected chi connectivity index (χ4v) is 10.5. The van der Waals surface area contributed by atoms with Crippen molar-refractivity contribution in [1.29, 1.82) is 0 Å². The third kappa shape index (κ3) is 5.00. The molecule has 9 aromatic carbocycles. The van der Waals surface area contributed by atoms with Crippen LogP contribution in [0.4, 0.5) is 34.1 Å². The van der Waals surface area contributed by atoms with E-state index < -0.39 is 5.41 Å². The van der Waals surface area contributed by atoms with E-state index in [1.807, 2.05) is 0 Å². The zero-order chi connectivity index (χ0) is 38.9. The van der Waals surface area contributed by atoms with Crippen LogP contribution < -0.4 is 9.80 Å². The van der Waals surface area contributed by atoms with Crippen molar-refractivity contribution in [3.63, 3.8) is 0 Å². The Morgan fingerprint density at radius 2 is 0.881 bits per heavy atom. The van der Waals surface area contributed by atoms with Crippen molar-refractivity contribution in [3.8, 4) is 22.3 Å². The molecule has 2 heteroatoms. The molecule has 3 aliphatic carbocycles. The van der Waals surface area contributed by atoms with Gasteiger partial charge in [-0.15, -0.1) is 0 Å². The van der Waals surface area contributed by atoms with Crippen LogP contribution in [0, 0.1) is 0 Å². The van der Waals surface area contributed by atoms with Gasteiger partial charge in [-0.25, -0.2) is 0 Å². The molecule has 0 unspecified atom stereocenters. The zero-order valence-corrected chi connectivity index (χ0v) is 32.6. The quantitative estimate of drug-likeness (QED) is 0.167. The van der Waals surface area contributed by atoms with Crippen LogP contribution in [0.25, 0.3) is 39.1 Å². The summed E-state index contributed by atoms with van der Waals surface area (Å²) in [6.07, 6.45) is 6.66. The molecule has 278 valence electrons. The number of hydrogen-bond acceptors (Lipinski definition) is 2. The maximum atomic E-state index is 2.51. The molecule has 0 bridgehead atoms. The van der Waals surface area contributed by atoms with Crippen molar-refractivity contribution < 1.29 is 0 Å². The molecule has 9 aromatic rings. The second-order valence-electron chi connectivity index (χ2n) is 15.9. The van der Waals surface area contributed by atoms with E-state index in [4.69, 9.17) is 0 Å². The molecule has 0 heterocycles. The molecule has 0 fully saturated rings. The molecule has 0 radical (unpaired) electrons. The summed E-state index contributed by atoms with van der Waals surface area (Å²) in [6.45, 7) is 0. The molecule has 0 amide bonds. The van der Waals surface area contributed by atoms with Crippen LogP contribution in [-0.4, -0.2) is 0 Å². The molecular formula is C57H40N2. The third-order valence-corrected chi connectivity index (χ3v) is 12.9. The maximum absolute atomic E-state index is 2.51. The van der Waals surface area contributed by atoms with Gasteiger partial charge in [-0.2, -0.15) is 0 Å². The number of nitrogens with zero attached hydrogens (tertiary/aromatic N) is 2. The molecular weight excluding hydrogens is 713 g/mol. The van der Waals surface area contributed by atoms with Crippen LogP contribution >= 0.6 is 0 Å². The summed E-state index contributed by atoms with van der Waals surface area (Å²) in [5.74, 6) is 0. The lowest BCUT2D eigenvalue weighted by Gasteiger charge is -2.34. The number of anilines is 6. The van der Waals surface area contributed by atoms with Gasteiger partial charge in [-0.3, -0.25) is 0 Å². The van der Waals surface area contributed by atoms with Gasteiger partial charge < -0.3 is 9.80 Å². The lowest BCUT2D eigenvalue weighted by atomic mass is 9.70. The number of benzene rings is 9. The minimum atomic E-state index is -0.536. The first-order valence-corrected chi connectivity index (χ1v) is 20.7. The first kappa shape index (κ1) is 33.7. The molecule has 2 nitrogen and oxygen atoms in total. The van der Waals surface area contributed by atoms with Gasteiger partial charge in [0.15, 0.2) is 0 Å². The van der Waals surface area contributed by atoms with Gasteiger partial charge in [0.1, 0.15) is 0 Å². The largest absolute Gasteiger partial charge is 0.310 e. The van der Waals surface area contributed by atoms with Crippen LogP contribution in [0.1, 0.15) is 39.8 Å². The minimum absolute atomic E-state index is 0.536. The summed E-state index contributed by atoms with van der Waals surface area (Å²) in [4.78, 5) is 4.94. The molecule has 0 aromatic heterocycles. The number of para-hydroxylation sites is 2. The van der Waals surface area contributed by atoms with E-state index in [0.717, 1.165) is 41.3 Å². The fraction of sp³-hybridized carbons (Fsp3) is 0.0526. The van der Waals surface area contributed by atoms with E-state index >= 15 is 0 Å². The highest BCUT2D eigenvalue weighted by molar-refractivity contribution is 6.01. The second kappa shape index (κ2) is 13.3. The van der Waals surface area contributed by atoms with Gasteiger partial charge in [-0.05, 0) is 135 Å². The normalized spacial score (nSPS) is 13.7. The van der Waals surface area contributed by atoms with Gasteiger partial charge in [0, 0.05) is 33.8 Å². The Balaban J connectivity index is 1.14. The van der Waals surface area contributed by atoms with Crippen molar-refractivity contribution in [2.75, 3.05) is 9.80 Å². The van der Waals surface area contributed by atoms with Crippen LogP contribution in [0.3, 0.4) is 0 Å². The number of hydrogen-bond donors (Lipinski definition) is 0. The Labute approximate surface area is 345 Å². The highest BCUT2D eigenvalue weighted by Gasteiger charge is 2.52. The van der Waals surface area contributed by atoms with Crippen molar-refractivity contribution in [2.24, 2.45) is 0 Å². The molecule has 0 aliphatic heterocycles. The summed E-state index contributed by atoms with van der Waals surface area (Å²) in [7, 11) is 0. The molecule has 59 heavy (non-hydrogen) atoms. The summed E-state index contributed by atoms with van der Waals surface area (Å²) < 4.78 is 0. The van der Waals surface area contributed by atoms with Crippen molar-refractivity contribution in [3.05, 3.63) is 246 Å². The summed E-state index contributed by atoms with van der Waals surface area (Å²) in [6, 6.07) is 76.6. The number of rotatable bonds is 6. The average Bonchev–Trinajstić information content (AvgIpc) is 3.77. The smallest absolute Gasteiger partial charge is 0.0727 e. The van der Waals surface area contributed by atoms with Crippen molar-refractivity contribution >= 4 is 51.0 Å². The Morgan fingerprint density at radius 3 is 1.54 bits per heavy atom. The lowest BCUT2D eigenvalue weighted by Crippen LogP contribution is -2.26. The predicted molar refractivity (Wildman–Crippen MR) is 247 cm³/mol. The Bertz CT molecular complexity index is 3070. The van der Waals surface area contributed by atoms with E-state index in [1.54, 1.807) is 0 Å². The van der Waals surface area contributed by atoms with E-state index in [-0.39, 0.29) is 0 Å². The third-order valence-electron chi connectivity index (χ3n) is 12.9. The molecule has 0 N–H and O–H groups in total. The molecule has 0 saturated heterocycles. The first-order valence-electron chi connectivity index (χ1n) is 20.7. The lowest BCUT2D eigenvalue weighted by molar-refractivity contribution is 0.793. The summed E-state index contributed by atoms with van der Waals surface area (Å²) in [5.41, 5.74) is 19.6. The van der Waals surface area contributed by atoms with Crippen LogP contribution in [0.2, 0.25) is 0 Å². The number of allylic oxidation sites excluding steroid dienone is 1. The predicted octanol–water partition coefficient (Wildman–Crippen LogP) is 15.1. The highest BCUT2D eigenvalue weighted by Crippen LogP contribution is 2.64. The zero-order valence-electron chi connectivity index (χ0n) is 32.6.